The molecule has 0 aromatic rings. The number of carbonyl (C=O) groups is 2. The number of phosphoric acid groups is 1. The highest BCUT2D eigenvalue weighted by molar-refractivity contribution is 7.45. The number of rotatable bonds is 60. The van der Waals surface area contributed by atoms with Crippen LogP contribution in [0.5, 0.6) is 0 Å². The fraction of sp³-hybridized carbons (Fsp3) is 0.771. The predicted molar refractivity (Wildman–Crippen MR) is 344 cm³/mol. The summed E-state index contributed by atoms with van der Waals surface area (Å²) >= 11 is 0. The molecule has 0 aromatic carbocycles. The first-order valence-corrected chi connectivity index (χ1v) is 34.9. The van der Waals surface area contributed by atoms with Crippen LogP contribution >= 0.6 is 7.82 Å². The number of ether oxygens (including phenoxy) is 1. The van der Waals surface area contributed by atoms with Crippen LogP contribution in [0.25, 0.3) is 0 Å². The van der Waals surface area contributed by atoms with Gasteiger partial charge >= 0.3 is 5.97 Å². The summed E-state index contributed by atoms with van der Waals surface area (Å²) in [6, 6.07) is -0.893. The molecule has 0 radical (unpaired) electrons. The Labute approximate surface area is 495 Å². The van der Waals surface area contributed by atoms with Gasteiger partial charge in [-0.25, -0.2) is 0 Å². The number of carbonyl (C=O) groups excluding carboxylic acids is 2. The van der Waals surface area contributed by atoms with Crippen molar-refractivity contribution in [1.82, 2.24) is 5.32 Å². The highest BCUT2D eigenvalue weighted by atomic mass is 31.2. The molecule has 3 unspecified atom stereocenters. The predicted octanol–water partition coefficient (Wildman–Crippen LogP) is 20.3. The largest absolute Gasteiger partial charge is 0.756 e. The number of esters is 1. The van der Waals surface area contributed by atoms with Crippen molar-refractivity contribution >= 4 is 19.7 Å². The van der Waals surface area contributed by atoms with Crippen molar-refractivity contribution in [3.63, 3.8) is 0 Å². The molecule has 464 valence electrons. The molecular formula is C70H127N2O7P. The molecule has 0 spiro atoms. The van der Waals surface area contributed by atoms with Gasteiger partial charge in [0.2, 0.25) is 5.91 Å². The van der Waals surface area contributed by atoms with Crippen LogP contribution in [0.15, 0.2) is 85.1 Å². The van der Waals surface area contributed by atoms with Crippen LogP contribution in [0, 0.1) is 0 Å². The van der Waals surface area contributed by atoms with E-state index in [-0.39, 0.29) is 24.9 Å². The first-order chi connectivity index (χ1) is 38.9. The van der Waals surface area contributed by atoms with Crippen molar-refractivity contribution in [3.05, 3.63) is 85.1 Å². The summed E-state index contributed by atoms with van der Waals surface area (Å²) in [6.45, 7) is 6.74. The molecule has 0 aliphatic heterocycles. The standard InChI is InChI=1S/C70H127N2O7P/c1-7-10-13-16-19-22-25-28-30-31-32-33-34-35-36-37-38-39-40-41-43-45-48-51-54-57-60-63-70(74)79-68(61-58-55-52-49-46-27-24-21-18-15-12-9-3)67(66-78-80(75,76)77-65-64-72(4,5)6)71-69(73)62-59-56-53-50-47-44-42-29-26-23-20-17-14-11-8-2/h10,13,19,22,28,30,32-33,35-36,38-39,58,61,67-68H,7-9,11-12,14-18,20-21,23-27,29,31,34,37,40-57,59-60,62-66H2,1-6H3,(H-,71,73,75,76)/b13-10-,22-19-,30-28-,33-32-,36-35-,39-38-,61-58-. The third-order valence-electron chi connectivity index (χ3n) is 14.6. The number of amides is 1. The number of phosphoric ester groups is 1. The van der Waals surface area contributed by atoms with Gasteiger partial charge in [-0.2, -0.15) is 0 Å². The Bertz CT molecular complexity index is 1640. The normalized spacial score (nSPS) is 14.1. The van der Waals surface area contributed by atoms with Crippen molar-refractivity contribution in [1.29, 1.82) is 0 Å². The molecule has 0 saturated carbocycles. The van der Waals surface area contributed by atoms with E-state index in [2.05, 4.69) is 99.0 Å². The van der Waals surface area contributed by atoms with Gasteiger partial charge in [-0.1, -0.05) is 286 Å². The summed E-state index contributed by atoms with van der Waals surface area (Å²) in [5, 5.41) is 3.03. The molecule has 0 aliphatic carbocycles. The second kappa shape index (κ2) is 59.4. The van der Waals surface area contributed by atoms with Gasteiger partial charge in [-0.3, -0.25) is 14.2 Å². The molecule has 0 heterocycles. The second-order valence-electron chi connectivity index (χ2n) is 23.6. The van der Waals surface area contributed by atoms with Crippen LogP contribution in [-0.2, 0) is 27.9 Å². The maximum atomic E-state index is 13.5. The first-order valence-electron chi connectivity index (χ1n) is 33.4. The minimum absolute atomic E-state index is 0.0251. The van der Waals surface area contributed by atoms with E-state index in [1.54, 1.807) is 0 Å². The number of allylic oxidation sites excluding steroid dienone is 13. The molecule has 0 fully saturated rings. The van der Waals surface area contributed by atoms with Crippen LogP contribution in [-0.4, -0.2) is 69.4 Å². The molecule has 3 atom stereocenters. The molecule has 10 heteroatoms. The van der Waals surface area contributed by atoms with Crippen molar-refractivity contribution in [2.45, 2.75) is 309 Å². The van der Waals surface area contributed by atoms with Crippen LogP contribution in [0.2, 0.25) is 0 Å². The average molecular weight is 1140 g/mol. The molecule has 0 bridgehead atoms. The number of quaternary nitrogens is 1. The summed E-state index contributed by atoms with van der Waals surface area (Å²) < 4.78 is 30.4. The zero-order chi connectivity index (χ0) is 58.6. The number of hydrogen-bond acceptors (Lipinski definition) is 7. The third-order valence-corrected chi connectivity index (χ3v) is 15.6. The zero-order valence-electron chi connectivity index (χ0n) is 53.0. The number of unbranched alkanes of at least 4 members (excludes halogenated alkanes) is 32. The van der Waals surface area contributed by atoms with E-state index in [0.717, 1.165) is 109 Å². The molecular weight excluding hydrogens is 1010 g/mol. The minimum atomic E-state index is -4.70. The minimum Gasteiger partial charge on any atom is -0.756 e. The summed E-state index contributed by atoms with van der Waals surface area (Å²) in [6.07, 6.45) is 78.4. The second-order valence-corrected chi connectivity index (χ2v) is 25.0. The van der Waals surface area contributed by atoms with Gasteiger partial charge in [0.25, 0.3) is 7.82 Å². The summed E-state index contributed by atoms with van der Waals surface area (Å²) in [7, 11) is 1.18. The lowest BCUT2D eigenvalue weighted by Gasteiger charge is -2.30. The fourth-order valence-electron chi connectivity index (χ4n) is 9.47. The molecule has 1 amide bonds. The monoisotopic (exact) mass is 1140 g/mol. The lowest BCUT2D eigenvalue weighted by atomic mass is 10.0. The van der Waals surface area contributed by atoms with Gasteiger partial charge in [-0.05, 0) is 83.1 Å². The van der Waals surface area contributed by atoms with E-state index < -0.39 is 26.6 Å². The highest BCUT2D eigenvalue weighted by Gasteiger charge is 2.27. The van der Waals surface area contributed by atoms with Crippen molar-refractivity contribution in [2.24, 2.45) is 0 Å². The summed E-state index contributed by atoms with van der Waals surface area (Å²) in [4.78, 5) is 40.1. The van der Waals surface area contributed by atoms with Gasteiger partial charge < -0.3 is 28.5 Å². The molecule has 0 rings (SSSR count). The maximum absolute atomic E-state index is 13.5. The van der Waals surface area contributed by atoms with Crippen molar-refractivity contribution in [2.75, 3.05) is 40.9 Å². The Morgan fingerprint density at radius 2 is 0.800 bits per heavy atom. The number of hydrogen-bond donors (Lipinski definition) is 1. The van der Waals surface area contributed by atoms with Crippen LogP contribution in [0.1, 0.15) is 297 Å². The third kappa shape index (κ3) is 59.8. The van der Waals surface area contributed by atoms with Gasteiger partial charge in [0, 0.05) is 12.8 Å². The summed E-state index contributed by atoms with van der Waals surface area (Å²) in [5.74, 6) is -0.544. The Morgan fingerprint density at radius 1 is 0.450 bits per heavy atom. The lowest BCUT2D eigenvalue weighted by Crippen LogP contribution is -2.47. The van der Waals surface area contributed by atoms with E-state index in [4.69, 9.17) is 13.8 Å². The number of nitrogens with one attached hydrogen (secondary N) is 1. The Balaban J connectivity index is 5.11. The van der Waals surface area contributed by atoms with Gasteiger partial charge in [-0.15, -0.1) is 0 Å². The van der Waals surface area contributed by atoms with Crippen LogP contribution in [0.4, 0.5) is 0 Å². The Morgan fingerprint density at radius 3 is 1.20 bits per heavy atom. The van der Waals surface area contributed by atoms with Gasteiger partial charge in [0.05, 0.1) is 33.8 Å². The molecule has 80 heavy (non-hydrogen) atoms. The number of nitrogens with zero attached hydrogens (tertiary/aromatic N) is 1. The maximum Gasteiger partial charge on any atom is 0.306 e. The van der Waals surface area contributed by atoms with E-state index in [9.17, 15) is 19.0 Å². The fourth-order valence-corrected chi connectivity index (χ4v) is 10.2. The smallest absolute Gasteiger partial charge is 0.306 e. The van der Waals surface area contributed by atoms with E-state index in [1.807, 2.05) is 33.3 Å². The van der Waals surface area contributed by atoms with Gasteiger partial charge in [0.15, 0.2) is 0 Å². The molecule has 9 nitrogen and oxygen atoms in total. The average Bonchev–Trinajstić information content (AvgIpc) is 3.43. The van der Waals surface area contributed by atoms with E-state index in [0.29, 0.717) is 17.4 Å². The van der Waals surface area contributed by atoms with Crippen LogP contribution < -0.4 is 10.2 Å². The summed E-state index contributed by atoms with van der Waals surface area (Å²) in [5.41, 5.74) is 0. The molecule has 0 aliphatic rings. The zero-order valence-corrected chi connectivity index (χ0v) is 53.9. The molecule has 1 N–H and O–H groups in total. The highest BCUT2D eigenvalue weighted by Crippen LogP contribution is 2.38. The first kappa shape index (κ1) is 77.2. The van der Waals surface area contributed by atoms with Crippen molar-refractivity contribution in [3.8, 4) is 0 Å². The molecule has 0 aromatic heterocycles. The molecule has 0 saturated heterocycles. The topological polar surface area (TPSA) is 114 Å². The van der Waals surface area contributed by atoms with E-state index >= 15 is 0 Å². The van der Waals surface area contributed by atoms with E-state index in [1.165, 1.54) is 154 Å². The quantitative estimate of drug-likeness (QED) is 0.0212. The number of likely N-dealkylation sites (N-methyl/N-ethyl adjacent to an activating group) is 1. The lowest BCUT2D eigenvalue weighted by molar-refractivity contribution is -0.870. The Hall–Kier alpha value is -2.81. The van der Waals surface area contributed by atoms with Gasteiger partial charge in [0.1, 0.15) is 19.3 Å². The van der Waals surface area contributed by atoms with Crippen LogP contribution in [0.3, 0.4) is 0 Å². The Kier molecular flexibility index (Phi) is 57.3. The van der Waals surface area contributed by atoms with Crippen molar-refractivity contribution < 1.29 is 37.3 Å². The SMILES string of the molecule is CC/C=C\C/C=C\C/C=C\C/C=C\C/C=C\C/C=C\CCCCCCCCCCC(=O)OC(/C=C\CCCCCCCCCCCC)C(COP(=O)([O-])OCC[N+](C)(C)C)NC(=O)CCCCCCCCCCCCCCCCC.